The number of halogens is 1. The van der Waals surface area contributed by atoms with E-state index in [4.69, 9.17) is 4.74 Å². The number of benzene rings is 1. The first-order valence-electron chi connectivity index (χ1n) is 7.31. The van der Waals surface area contributed by atoms with Crippen molar-refractivity contribution in [1.82, 2.24) is 4.98 Å². The molecule has 122 valence electrons. The average molecular weight is 318 g/mol. The summed E-state index contributed by atoms with van der Waals surface area (Å²) in [6, 6.07) is 7.43. The lowest BCUT2D eigenvalue weighted by molar-refractivity contribution is 0.102. The first kappa shape index (κ1) is 16.7. The van der Waals surface area contributed by atoms with Crippen LogP contribution in [-0.2, 0) is 6.67 Å². The van der Waals surface area contributed by atoms with Gasteiger partial charge in [-0.15, -0.1) is 0 Å². The molecule has 2 N–H and O–H groups in total. The van der Waals surface area contributed by atoms with Gasteiger partial charge in [-0.25, -0.2) is 4.39 Å². The zero-order valence-electron chi connectivity index (χ0n) is 13.1. The number of aromatic amines is 1. The van der Waals surface area contributed by atoms with Gasteiger partial charge in [-0.05, 0) is 29.7 Å². The Morgan fingerprint density at radius 3 is 2.74 bits per heavy atom. The van der Waals surface area contributed by atoms with Crippen LogP contribution < -0.4 is 15.6 Å². The highest BCUT2D eigenvalue weighted by atomic mass is 19.1. The molecule has 1 aromatic heterocycles. The molecule has 1 heterocycles. The number of nitrogens with one attached hydrogen (secondary N) is 2. The molecule has 6 heteroatoms. The van der Waals surface area contributed by atoms with Crippen LogP contribution >= 0.6 is 0 Å². The van der Waals surface area contributed by atoms with Crippen molar-refractivity contribution in [2.45, 2.75) is 20.5 Å². The van der Waals surface area contributed by atoms with Crippen LogP contribution in [0.3, 0.4) is 0 Å². The smallest absolute Gasteiger partial charge is 0.259 e. The topological polar surface area (TPSA) is 71.2 Å². The summed E-state index contributed by atoms with van der Waals surface area (Å²) in [6.45, 7) is 3.75. The fourth-order valence-electron chi connectivity index (χ4n) is 1.93. The van der Waals surface area contributed by atoms with E-state index < -0.39 is 12.6 Å². The first-order chi connectivity index (χ1) is 11.0. The van der Waals surface area contributed by atoms with E-state index in [1.54, 1.807) is 6.07 Å². The van der Waals surface area contributed by atoms with E-state index >= 15 is 0 Å². The van der Waals surface area contributed by atoms with Crippen molar-refractivity contribution in [1.29, 1.82) is 0 Å². The van der Waals surface area contributed by atoms with E-state index in [-0.39, 0.29) is 11.5 Å². The van der Waals surface area contributed by atoms with Crippen LogP contribution in [0.25, 0.3) is 0 Å². The number of carbonyl (C=O) groups is 1. The summed E-state index contributed by atoms with van der Waals surface area (Å²) < 4.78 is 18.5. The summed E-state index contributed by atoms with van der Waals surface area (Å²) in [6.07, 6.45) is 1.44. The molecule has 0 fully saturated rings. The molecule has 0 bridgehead atoms. The van der Waals surface area contributed by atoms with E-state index in [9.17, 15) is 14.0 Å². The third-order valence-electron chi connectivity index (χ3n) is 3.05. The van der Waals surface area contributed by atoms with Crippen molar-refractivity contribution >= 4 is 11.6 Å². The molecule has 5 nitrogen and oxygen atoms in total. The predicted molar refractivity (Wildman–Crippen MR) is 86.6 cm³/mol. The summed E-state index contributed by atoms with van der Waals surface area (Å²) >= 11 is 0. The highest BCUT2D eigenvalue weighted by molar-refractivity contribution is 6.06. The number of amides is 1. The summed E-state index contributed by atoms with van der Waals surface area (Å²) in [7, 11) is 0. The maximum atomic E-state index is 12.8. The summed E-state index contributed by atoms with van der Waals surface area (Å²) in [5.74, 6) is 0.184. The minimum atomic E-state index is -0.631. The number of aromatic nitrogens is 1. The highest BCUT2D eigenvalue weighted by Gasteiger charge is 2.14. The van der Waals surface area contributed by atoms with Crippen molar-refractivity contribution in [3.05, 3.63) is 58.0 Å². The second kappa shape index (κ2) is 7.58. The predicted octanol–water partition coefficient (Wildman–Crippen LogP) is 3.13. The van der Waals surface area contributed by atoms with Crippen molar-refractivity contribution in [2.24, 2.45) is 5.92 Å². The van der Waals surface area contributed by atoms with Gasteiger partial charge >= 0.3 is 0 Å². The summed E-state index contributed by atoms with van der Waals surface area (Å²) in [5.41, 5.74) is 0.801. The maximum absolute atomic E-state index is 12.8. The van der Waals surface area contributed by atoms with E-state index in [2.05, 4.69) is 10.3 Å². The molecule has 23 heavy (non-hydrogen) atoms. The first-order valence-corrected chi connectivity index (χ1v) is 7.31. The molecule has 0 spiro atoms. The molecule has 1 amide bonds. The van der Waals surface area contributed by atoms with Crippen LogP contribution in [0.2, 0.25) is 0 Å². The monoisotopic (exact) mass is 318 g/mol. The van der Waals surface area contributed by atoms with Crippen molar-refractivity contribution in [2.75, 3.05) is 11.9 Å². The SMILES string of the molecule is CC(C)COc1cc(CF)ccc1C(=O)Nc1cc[nH]c(=O)c1. The Kier molecular flexibility index (Phi) is 5.51. The minimum absolute atomic E-state index is 0.271. The van der Waals surface area contributed by atoms with Crippen molar-refractivity contribution in [3.63, 3.8) is 0 Å². The van der Waals surface area contributed by atoms with Crippen LogP contribution in [-0.4, -0.2) is 17.5 Å². The lowest BCUT2D eigenvalue weighted by Gasteiger charge is -2.14. The normalized spacial score (nSPS) is 10.6. The number of H-pyrrole nitrogens is 1. The average Bonchev–Trinajstić information content (AvgIpc) is 2.52. The number of rotatable bonds is 6. The molecule has 0 aliphatic heterocycles. The number of carbonyl (C=O) groups excluding carboxylic acids is 1. The van der Waals surface area contributed by atoms with Crippen LogP contribution in [0.1, 0.15) is 29.8 Å². The second-order valence-electron chi connectivity index (χ2n) is 5.56. The molecule has 2 rings (SSSR count). The third-order valence-corrected chi connectivity index (χ3v) is 3.05. The van der Waals surface area contributed by atoms with Gasteiger partial charge in [0.15, 0.2) is 0 Å². The van der Waals surface area contributed by atoms with Gasteiger partial charge in [-0.3, -0.25) is 9.59 Å². The quantitative estimate of drug-likeness (QED) is 0.859. The molecule has 0 saturated carbocycles. The molecule has 0 radical (unpaired) electrons. The van der Waals surface area contributed by atoms with Gasteiger partial charge in [0, 0.05) is 18.0 Å². The minimum Gasteiger partial charge on any atom is -0.492 e. The lowest BCUT2D eigenvalue weighted by atomic mass is 10.1. The Labute approximate surface area is 133 Å². The Morgan fingerprint density at radius 2 is 2.09 bits per heavy atom. The van der Waals surface area contributed by atoms with Gasteiger partial charge in [-0.2, -0.15) is 0 Å². The Hall–Kier alpha value is -2.63. The fourth-order valence-corrected chi connectivity index (χ4v) is 1.93. The molecule has 0 atom stereocenters. The van der Waals surface area contributed by atoms with Gasteiger partial charge in [0.2, 0.25) is 5.56 Å². The molecule has 0 aliphatic carbocycles. The molecule has 1 aromatic carbocycles. The Morgan fingerprint density at radius 1 is 1.30 bits per heavy atom. The van der Waals surface area contributed by atoms with Crippen LogP contribution in [0, 0.1) is 5.92 Å². The molecule has 0 aliphatic rings. The second-order valence-corrected chi connectivity index (χ2v) is 5.56. The standard InChI is InChI=1S/C17H19FN2O3/c1-11(2)10-23-15-7-12(9-18)3-4-14(15)17(22)20-13-5-6-19-16(21)8-13/h3-8,11H,9-10H2,1-2H3,(H2,19,20,21,22). The van der Waals surface area contributed by atoms with Gasteiger partial charge in [0.1, 0.15) is 12.4 Å². The van der Waals surface area contributed by atoms with Gasteiger partial charge in [-0.1, -0.05) is 19.9 Å². The number of hydrogen-bond acceptors (Lipinski definition) is 3. The summed E-state index contributed by atoms with van der Waals surface area (Å²) in [4.78, 5) is 26.1. The van der Waals surface area contributed by atoms with Crippen LogP contribution in [0.5, 0.6) is 5.75 Å². The summed E-state index contributed by atoms with van der Waals surface area (Å²) in [5, 5.41) is 2.63. The third kappa shape index (κ3) is 4.67. The fraction of sp³-hybridized carbons (Fsp3) is 0.294. The van der Waals surface area contributed by atoms with Gasteiger partial charge in [0.05, 0.1) is 12.2 Å². The van der Waals surface area contributed by atoms with Gasteiger partial charge < -0.3 is 15.0 Å². The molecular weight excluding hydrogens is 299 g/mol. The van der Waals surface area contributed by atoms with Crippen molar-refractivity contribution < 1.29 is 13.9 Å². The van der Waals surface area contributed by atoms with E-state index in [1.165, 1.54) is 30.5 Å². The molecule has 0 unspecified atom stereocenters. The lowest BCUT2D eigenvalue weighted by Crippen LogP contribution is -2.16. The number of hydrogen-bond donors (Lipinski definition) is 2. The molecule has 0 saturated heterocycles. The molecule has 2 aromatic rings. The van der Waals surface area contributed by atoms with Crippen molar-refractivity contribution in [3.8, 4) is 5.75 Å². The number of ether oxygens (including phenoxy) is 1. The highest BCUT2D eigenvalue weighted by Crippen LogP contribution is 2.23. The number of anilines is 1. The van der Waals surface area contributed by atoms with E-state index in [0.717, 1.165) is 0 Å². The van der Waals surface area contributed by atoms with E-state index in [1.807, 2.05) is 13.8 Å². The number of alkyl halides is 1. The zero-order valence-corrected chi connectivity index (χ0v) is 13.1. The van der Waals surface area contributed by atoms with Crippen LogP contribution in [0.4, 0.5) is 10.1 Å². The van der Waals surface area contributed by atoms with E-state index in [0.29, 0.717) is 29.2 Å². The van der Waals surface area contributed by atoms with Gasteiger partial charge in [0.25, 0.3) is 5.91 Å². The Balaban J connectivity index is 2.25. The van der Waals surface area contributed by atoms with Crippen LogP contribution in [0.15, 0.2) is 41.3 Å². The molecular formula is C17H19FN2O3. The largest absolute Gasteiger partial charge is 0.492 e. The zero-order chi connectivity index (χ0) is 16.8. The number of pyridine rings is 1. The Bertz CT molecular complexity index is 741. The maximum Gasteiger partial charge on any atom is 0.259 e.